The third-order valence-corrected chi connectivity index (χ3v) is 7.47. The first-order valence-electron chi connectivity index (χ1n) is 8.69. The van der Waals surface area contributed by atoms with E-state index in [9.17, 15) is 14.4 Å². The fraction of sp³-hybridized carbons (Fsp3) is 0.150. The van der Waals surface area contributed by atoms with E-state index in [-0.39, 0.29) is 17.0 Å². The molecule has 7 nitrogen and oxygen atoms in total. The molecule has 3 aromatic rings. The first-order valence-corrected chi connectivity index (χ1v) is 11.3. The third kappa shape index (κ3) is 3.22. The van der Waals surface area contributed by atoms with Crippen molar-refractivity contribution in [2.45, 2.75) is 5.92 Å². The van der Waals surface area contributed by atoms with Crippen molar-refractivity contribution in [1.29, 1.82) is 0 Å². The average molecular weight is 461 g/mol. The van der Waals surface area contributed by atoms with Gasteiger partial charge in [0.2, 0.25) is 0 Å². The lowest BCUT2D eigenvalue weighted by Crippen LogP contribution is -2.41. The number of hydrogen-bond donors (Lipinski definition) is 1. The van der Waals surface area contributed by atoms with Gasteiger partial charge >= 0.3 is 11.9 Å². The lowest BCUT2D eigenvalue weighted by atomic mass is 9.88. The maximum absolute atomic E-state index is 13.2. The van der Waals surface area contributed by atoms with Gasteiger partial charge in [-0.15, -0.1) is 34.0 Å². The number of carbonyl (C=O) groups is 2. The van der Waals surface area contributed by atoms with Gasteiger partial charge in [0.1, 0.15) is 10.5 Å². The van der Waals surface area contributed by atoms with Crippen LogP contribution in [0.25, 0.3) is 17.5 Å². The van der Waals surface area contributed by atoms with Crippen LogP contribution in [0.15, 0.2) is 45.4 Å². The van der Waals surface area contributed by atoms with Crippen molar-refractivity contribution in [1.82, 2.24) is 4.57 Å². The Labute approximate surface area is 182 Å². The Hall–Kier alpha value is -2.95. The van der Waals surface area contributed by atoms with Gasteiger partial charge in [0, 0.05) is 9.75 Å². The SMILES string of the molecule is COC(=O)C1=C(N)n2c(sc(=Cc3cccs3)c2=O)=C(C(=O)OC)C1c1cccs1. The second-order valence-electron chi connectivity index (χ2n) is 6.22. The molecule has 0 amide bonds. The van der Waals surface area contributed by atoms with Gasteiger partial charge in [0.05, 0.1) is 35.8 Å². The van der Waals surface area contributed by atoms with E-state index < -0.39 is 23.4 Å². The number of nitrogens with zero attached hydrogens (tertiary/aromatic N) is 1. The summed E-state index contributed by atoms with van der Waals surface area (Å²) in [7, 11) is 2.49. The predicted molar refractivity (Wildman–Crippen MR) is 118 cm³/mol. The Kier molecular flexibility index (Phi) is 5.46. The van der Waals surface area contributed by atoms with E-state index in [0.717, 1.165) is 21.1 Å². The standard InChI is InChI=1S/C20H16N2O5S3/c1-26-19(24)14-13(11-6-4-8-29-11)15(20(25)27-2)18-22(16(14)21)17(23)12(30-18)9-10-5-3-7-28-10/h3-9,13H,21H2,1-2H3. The van der Waals surface area contributed by atoms with Crippen LogP contribution in [0.3, 0.4) is 0 Å². The molecule has 1 atom stereocenters. The van der Waals surface area contributed by atoms with E-state index in [1.54, 1.807) is 12.1 Å². The summed E-state index contributed by atoms with van der Waals surface area (Å²) in [5.74, 6) is -2.19. The number of thiophene rings is 2. The molecule has 4 rings (SSSR count). The van der Waals surface area contributed by atoms with Crippen LogP contribution in [0.1, 0.15) is 15.7 Å². The topological polar surface area (TPSA) is 101 Å². The van der Waals surface area contributed by atoms with Crippen LogP contribution < -0.4 is 20.5 Å². The summed E-state index contributed by atoms with van der Waals surface area (Å²) in [4.78, 5) is 40.3. The fourth-order valence-corrected chi connectivity index (χ4v) is 6.04. The highest BCUT2D eigenvalue weighted by molar-refractivity contribution is 7.11. The molecule has 1 aliphatic rings. The van der Waals surface area contributed by atoms with E-state index in [1.807, 2.05) is 29.0 Å². The summed E-state index contributed by atoms with van der Waals surface area (Å²) in [5.41, 5.74) is 6.14. The first-order chi connectivity index (χ1) is 14.5. The first kappa shape index (κ1) is 20.3. The van der Waals surface area contributed by atoms with Gasteiger partial charge in [0.25, 0.3) is 5.56 Å². The zero-order valence-electron chi connectivity index (χ0n) is 15.9. The van der Waals surface area contributed by atoms with E-state index in [2.05, 4.69) is 0 Å². The smallest absolute Gasteiger partial charge is 0.338 e. The zero-order chi connectivity index (χ0) is 21.4. The highest BCUT2D eigenvalue weighted by Crippen LogP contribution is 2.39. The number of carbonyl (C=O) groups excluding carboxylic acids is 2. The van der Waals surface area contributed by atoms with Gasteiger partial charge in [0.15, 0.2) is 0 Å². The summed E-state index contributed by atoms with van der Waals surface area (Å²) < 4.78 is 11.9. The van der Waals surface area contributed by atoms with Gasteiger partial charge in [-0.2, -0.15) is 0 Å². The molecule has 154 valence electrons. The largest absolute Gasteiger partial charge is 0.466 e. The number of methoxy groups -OCH3 is 2. The van der Waals surface area contributed by atoms with Crippen LogP contribution in [0.2, 0.25) is 0 Å². The molecular formula is C20H16N2O5S3. The Morgan fingerprint density at radius 2 is 1.73 bits per heavy atom. The summed E-state index contributed by atoms with van der Waals surface area (Å²) in [5, 5.41) is 3.74. The monoisotopic (exact) mass is 460 g/mol. The van der Waals surface area contributed by atoms with Crippen molar-refractivity contribution in [2.75, 3.05) is 14.2 Å². The van der Waals surface area contributed by atoms with Crippen LogP contribution in [-0.2, 0) is 19.1 Å². The Balaban J connectivity index is 2.14. The second-order valence-corrected chi connectivity index (χ2v) is 9.21. The van der Waals surface area contributed by atoms with Crippen molar-refractivity contribution in [3.63, 3.8) is 0 Å². The Bertz CT molecular complexity index is 1330. The fourth-order valence-electron chi connectivity index (χ4n) is 3.31. The van der Waals surface area contributed by atoms with Crippen LogP contribution in [0.5, 0.6) is 0 Å². The molecule has 0 fully saturated rings. The number of thiazole rings is 1. The maximum Gasteiger partial charge on any atom is 0.338 e. The van der Waals surface area contributed by atoms with E-state index in [0.29, 0.717) is 9.20 Å². The summed E-state index contributed by atoms with van der Waals surface area (Å²) in [6.45, 7) is 0. The van der Waals surface area contributed by atoms with Crippen LogP contribution in [0, 0.1) is 0 Å². The molecular weight excluding hydrogens is 444 g/mol. The second kappa shape index (κ2) is 8.05. The van der Waals surface area contributed by atoms with Crippen molar-refractivity contribution >= 4 is 63.4 Å². The molecule has 4 heterocycles. The molecule has 0 bridgehead atoms. The molecule has 1 aliphatic heterocycles. The van der Waals surface area contributed by atoms with Gasteiger partial charge in [-0.3, -0.25) is 9.36 Å². The lowest BCUT2D eigenvalue weighted by Gasteiger charge is -2.25. The van der Waals surface area contributed by atoms with Crippen LogP contribution in [-0.4, -0.2) is 30.7 Å². The molecule has 0 aliphatic carbocycles. The van der Waals surface area contributed by atoms with Crippen molar-refractivity contribution in [2.24, 2.45) is 5.73 Å². The highest BCUT2D eigenvalue weighted by Gasteiger charge is 2.40. The van der Waals surface area contributed by atoms with Crippen LogP contribution in [0.4, 0.5) is 0 Å². The molecule has 1 unspecified atom stereocenters. The quantitative estimate of drug-likeness (QED) is 0.589. The third-order valence-electron chi connectivity index (χ3n) is 4.60. The van der Waals surface area contributed by atoms with Gasteiger partial charge in [-0.05, 0) is 29.0 Å². The summed E-state index contributed by atoms with van der Waals surface area (Å²) >= 11 is 3.99. The van der Waals surface area contributed by atoms with Crippen molar-refractivity contribution in [3.05, 3.63) is 69.9 Å². The summed E-state index contributed by atoms with van der Waals surface area (Å²) in [6.07, 6.45) is 1.74. The number of nitrogens with two attached hydrogens (primary N) is 1. The molecule has 0 saturated carbocycles. The number of aromatic nitrogens is 1. The lowest BCUT2D eigenvalue weighted by molar-refractivity contribution is -0.136. The predicted octanol–water partition coefficient (Wildman–Crippen LogP) is 1.28. The number of ether oxygens (including phenoxy) is 2. The van der Waals surface area contributed by atoms with E-state index in [4.69, 9.17) is 15.2 Å². The minimum Gasteiger partial charge on any atom is -0.466 e. The normalized spacial score (nSPS) is 16.5. The van der Waals surface area contributed by atoms with E-state index in [1.165, 1.54) is 41.5 Å². The number of esters is 2. The van der Waals surface area contributed by atoms with Crippen molar-refractivity contribution < 1.29 is 19.1 Å². The molecule has 0 aromatic carbocycles. The molecule has 30 heavy (non-hydrogen) atoms. The number of fused-ring (bicyclic) bond motifs is 1. The average Bonchev–Trinajstić information content (AvgIpc) is 3.50. The van der Waals surface area contributed by atoms with Crippen LogP contribution >= 0.6 is 34.0 Å². The molecule has 0 spiro atoms. The molecule has 2 N–H and O–H groups in total. The minimum absolute atomic E-state index is 0.0374. The van der Waals surface area contributed by atoms with Gasteiger partial charge in [-0.1, -0.05) is 12.1 Å². The number of hydrogen-bond acceptors (Lipinski definition) is 9. The number of rotatable bonds is 4. The zero-order valence-corrected chi connectivity index (χ0v) is 18.4. The molecule has 0 saturated heterocycles. The van der Waals surface area contributed by atoms with Gasteiger partial charge < -0.3 is 15.2 Å². The van der Waals surface area contributed by atoms with Gasteiger partial charge in [-0.25, -0.2) is 9.59 Å². The molecule has 3 aromatic heterocycles. The molecule has 10 heteroatoms. The Morgan fingerprint density at radius 1 is 1.07 bits per heavy atom. The van der Waals surface area contributed by atoms with E-state index >= 15 is 0 Å². The summed E-state index contributed by atoms with van der Waals surface area (Å²) in [6, 6.07) is 7.37. The highest BCUT2D eigenvalue weighted by atomic mass is 32.1. The minimum atomic E-state index is -0.794. The van der Waals surface area contributed by atoms with Crippen molar-refractivity contribution in [3.8, 4) is 0 Å². The molecule has 0 radical (unpaired) electrons. The maximum atomic E-state index is 13.2. The Morgan fingerprint density at radius 3 is 2.33 bits per heavy atom.